The van der Waals surface area contributed by atoms with Crippen LogP contribution in [0.3, 0.4) is 0 Å². The number of carbonyl (C=O) groups is 4. The first-order valence-corrected chi connectivity index (χ1v) is 13.4. The normalized spacial score (nSPS) is 15.7. The van der Waals surface area contributed by atoms with E-state index in [2.05, 4.69) is 10.6 Å². The molecule has 35 heavy (non-hydrogen) atoms. The van der Waals surface area contributed by atoms with Gasteiger partial charge < -0.3 is 20.3 Å². The third-order valence-electron chi connectivity index (χ3n) is 6.12. The van der Waals surface area contributed by atoms with E-state index in [1.54, 1.807) is 4.90 Å². The fraction of sp³-hybridized carbons (Fsp3) is 0.440. The summed E-state index contributed by atoms with van der Waals surface area (Å²) in [7, 11) is 1.32. The highest BCUT2D eigenvalue weighted by Crippen LogP contribution is 2.38. The first kappa shape index (κ1) is 25.2. The topological polar surface area (TPSA) is 105 Å². The van der Waals surface area contributed by atoms with Crippen molar-refractivity contribution in [1.29, 1.82) is 0 Å². The Balaban J connectivity index is 1.49. The van der Waals surface area contributed by atoms with E-state index < -0.39 is 11.2 Å². The van der Waals surface area contributed by atoms with Gasteiger partial charge in [0.15, 0.2) is 0 Å². The molecule has 0 radical (unpaired) electrons. The molecule has 2 N–H and O–H groups in total. The van der Waals surface area contributed by atoms with Crippen LogP contribution in [0.15, 0.2) is 29.2 Å². The van der Waals surface area contributed by atoms with Crippen LogP contribution in [0.1, 0.15) is 53.9 Å². The van der Waals surface area contributed by atoms with E-state index in [0.29, 0.717) is 36.5 Å². The van der Waals surface area contributed by atoms with Crippen LogP contribution in [-0.2, 0) is 32.1 Å². The summed E-state index contributed by atoms with van der Waals surface area (Å²) in [5.74, 6) is -0.570. The van der Waals surface area contributed by atoms with Crippen molar-refractivity contribution in [2.24, 2.45) is 5.92 Å². The number of thioether (sulfide) groups is 1. The third-order valence-corrected chi connectivity index (χ3v) is 8.61. The second kappa shape index (κ2) is 10.8. The van der Waals surface area contributed by atoms with E-state index in [1.807, 2.05) is 31.2 Å². The molecule has 0 spiro atoms. The average Bonchev–Trinajstić information content (AvgIpc) is 3.63. The van der Waals surface area contributed by atoms with Crippen molar-refractivity contribution in [3.8, 4) is 0 Å². The van der Waals surface area contributed by atoms with E-state index in [4.69, 9.17) is 4.74 Å². The van der Waals surface area contributed by atoms with Gasteiger partial charge in [-0.05, 0) is 49.4 Å². The minimum atomic E-state index is -0.492. The van der Waals surface area contributed by atoms with Crippen molar-refractivity contribution in [2.75, 3.05) is 24.3 Å². The minimum Gasteiger partial charge on any atom is -0.465 e. The molecule has 1 saturated carbocycles. The van der Waals surface area contributed by atoms with Crippen molar-refractivity contribution < 1.29 is 23.9 Å². The summed E-state index contributed by atoms with van der Waals surface area (Å²) in [5.41, 5.74) is 1.94. The highest BCUT2D eigenvalue weighted by Gasteiger charge is 2.31. The van der Waals surface area contributed by atoms with Crippen molar-refractivity contribution >= 4 is 57.5 Å². The fourth-order valence-corrected chi connectivity index (χ4v) is 6.26. The van der Waals surface area contributed by atoms with Gasteiger partial charge >= 0.3 is 5.97 Å². The first-order chi connectivity index (χ1) is 16.8. The Hall–Kier alpha value is -2.85. The summed E-state index contributed by atoms with van der Waals surface area (Å²) >= 11 is 2.74. The average molecular weight is 516 g/mol. The van der Waals surface area contributed by atoms with Crippen LogP contribution in [0.4, 0.5) is 10.7 Å². The maximum absolute atomic E-state index is 13.2. The van der Waals surface area contributed by atoms with Gasteiger partial charge in [0.05, 0.1) is 24.5 Å². The third kappa shape index (κ3) is 5.87. The number of thiophene rings is 1. The number of benzene rings is 1. The van der Waals surface area contributed by atoms with E-state index >= 15 is 0 Å². The van der Waals surface area contributed by atoms with E-state index in [0.717, 1.165) is 33.9 Å². The van der Waals surface area contributed by atoms with Crippen LogP contribution in [0.25, 0.3) is 0 Å². The molecule has 2 aromatic rings. The second-order valence-electron chi connectivity index (χ2n) is 8.69. The summed E-state index contributed by atoms with van der Waals surface area (Å²) in [6, 6.07) is 7.49. The number of nitrogens with one attached hydrogen (secondary N) is 2. The Labute approximate surface area is 212 Å². The quantitative estimate of drug-likeness (QED) is 0.401. The summed E-state index contributed by atoms with van der Waals surface area (Å²) in [6.07, 6.45) is 2.98. The van der Waals surface area contributed by atoms with E-state index in [9.17, 15) is 19.2 Å². The first-order valence-electron chi connectivity index (χ1n) is 11.7. The van der Waals surface area contributed by atoms with E-state index in [1.165, 1.54) is 37.1 Å². The zero-order valence-corrected chi connectivity index (χ0v) is 21.6. The lowest BCUT2D eigenvalue weighted by Gasteiger charge is -2.25. The van der Waals surface area contributed by atoms with Gasteiger partial charge in [0.25, 0.3) is 0 Å². The second-order valence-corrected chi connectivity index (χ2v) is 11.1. The predicted octanol–water partition coefficient (Wildman–Crippen LogP) is 4.30. The van der Waals surface area contributed by atoms with Gasteiger partial charge in [0.1, 0.15) is 5.00 Å². The molecule has 1 atom stereocenters. The van der Waals surface area contributed by atoms with Crippen LogP contribution in [0.5, 0.6) is 0 Å². The lowest BCUT2D eigenvalue weighted by Crippen LogP contribution is -2.34. The Morgan fingerprint density at radius 1 is 1.23 bits per heavy atom. The van der Waals surface area contributed by atoms with E-state index in [-0.39, 0.29) is 23.6 Å². The number of methoxy groups -OCH3 is 1. The van der Waals surface area contributed by atoms with Crippen molar-refractivity contribution in [3.05, 3.63) is 40.3 Å². The number of ether oxygens (including phenoxy) is 1. The molecule has 0 saturated heterocycles. The van der Waals surface area contributed by atoms with Gasteiger partial charge in [-0.25, -0.2) is 4.79 Å². The predicted molar refractivity (Wildman–Crippen MR) is 137 cm³/mol. The van der Waals surface area contributed by atoms with Crippen LogP contribution < -0.4 is 10.6 Å². The summed E-state index contributed by atoms with van der Waals surface area (Å²) in [4.78, 5) is 53.2. The molecule has 0 bridgehead atoms. The number of hydrogen-bond donors (Lipinski definition) is 2. The van der Waals surface area contributed by atoms with Crippen LogP contribution >= 0.6 is 23.1 Å². The van der Waals surface area contributed by atoms with Crippen molar-refractivity contribution in [1.82, 2.24) is 4.90 Å². The van der Waals surface area contributed by atoms with Crippen LogP contribution in [0.2, 0.25) is 0 Å². The number of anilines is 2. The molecule has 4 rings (SSSR count). The van der Waals surface area contributed by atoms with Gasteiger partial charge in [0.2, 0.25) is 17.7 Å². The van der Waals surface area contributed by atoms with Crippen molar-refractivity contribution in [3.63, 3.8) is 0 Å². The highest BCUT2D eigenvalue weighted by atomic mass is 32.2. The molecule has 1 aromatic heterocycles. The number of nitrogens with zero attached hydrogens (tertiary/aromatic N) is 1. The van der Waals surface area contributed by atoms with Crippen molar-refractivity contribution in [2.45, 2.75) is 56.2 Å². The number of fused-ring (bicyclic) bond motifs is 1. The molecule has 1 aliphatic carbocycles. The summed E-state index contributed by atoms with van der Waals surface area (Å²) < 4.78 is 5.00. The molecule has 1 fully saturated rings. The van der Waals surface area contributed by atoms with Gasteiger partial charge in [-0.1, -0.05) is 13.0 Å². The molecule has 2 heterocycles. The Bertz CT molecular complexity index is 1160. The number of esters is 1. The van der Waals surface area contributed by atoms with Gasteiger partial charge in [-0.15, -0.1) is 23.1 Å². The Kier molecular flexibility index (Phi) is 7.81. The standard InChI is InChI=1S/C25H29N3O5S2/c1-4-19(34-17-7-5-6-16(12-17)26-22(30)15-8-9-15)23(31)27-24-21(25(32)33-3)18-10-11-28(14(2)29)13-20(18)35-24/h5-7,12,15,19H,4,8-11,13H2,1-3H3,(H,26,30)(H,27,31). The molecule has 3 amide bonds. The largest absolute Gasteiger partial charge is 0.465 e. The monoisotopic (exact) mass is 515 g/mol. The molecule has 10 heteroatoms. The fourth-order valence-electron chi connectivity index (χ4n) is 3.99. The SMILES string of the molecule is CCC(Sc1cccc(NC(=O)C2CC2)c1)C(=O)Nc1sc2c(c1C(=O)OC)CCN(C(C)=O)C2. The number of carbonyl (C=O) groups excluding carboxylic acids is 4. The van der Waals surface area contributed by atoms with Gasteiger partial charge in [-0.3, -0.25) is 14.4 Å². The summed E-state index contributed by atoms with van der Waals surface area (Å²) in [6.45, 7) is 4.40. The van der Waals surface area contributed by atoms with Gasteiger partial charge in [0, 0.05) is 34.8 Å². The smallest absolute Gasteiger partial charge is 0.341 e. The molecular formula is C25H29N3O5S2. The number of hydrogen-bond acceptors (Lipinski definition) is 7. The minimum absolute atomic E-state index is 0.0211. The number of amides is 3. The molecule has 1 aliphatic heterocycles. The summed E-state index contributed by atoms with van der Waals surface area (Å²) in [5, 5.41) is 5.95. The Morgan fingerprint density at radius 2 is 2.00 bits per heavy atom. The maximum atomic E-state index is 13.2. The molecule has 2 aliphatic rings. The molecule has 1 unspecified atom stereocenters. The van der Waals surface area contributed by atoms with Crippen LogP contribution in [0, 0.1) is 5.92 Å². The molecule has 8 nitrogen and oxygen atoms in total. The lowest BCUT2D eigenvalue weighted by atomic mass is 10.0. The Morgan fingerprint density at radius 3 is 2.66 bits per heavy atom. The van der Waals surface area contributed by atoms with Crippen LogP contribution in [-0.4, -0.2) is 47.5 Å². The zero-order chi connectivity index (χ0) is 25.1. The maximum Gasteiger partial charge on any atom is 0.341 e. The molecular weight excluding hydrogens is 486 g/mol. The van der Waals surface area contributed by atoms with Gasteiger partial charge in [-0.2, -0.15) is 0 Å². The highest BCUT2D eigenvalue weighted by molar-refractivity contribution is 8.00. The number of rotatable bonds is 8. The molecule has 186 valence electrons. The molecule has 1 aromatic carbocycles. The zero-order valence-electron chi connectivity index (χ0n) is 20.0. The lowest BCUT2D eigenvalue weighted by molar-refractivity contribution is -0.129.